The Morgan fingerprint density at radius 3 is 2.67 bits per heavy atom. The number of nitrogen functional groups attached to an aromatic ring is 1. The molecule has 104 valence electrons. The molecule has 0 aliphatic heterocycles. The van der Waals surface area contributed by atoms with Gasteiger partial charge in [-0.2, -0.15) is 0 Å². The monoisotopic (exact) mass is 294 g/mol. The minimum atomic E-state index is -3.67. The molecule has 1 heterocycles. The third-order valence-corrected chi connectivity index (χ3v) is 5.53. The summed E-state index contributed by atoms with van der Waals surface area (Å²) in [6.07, 6.45) is 3.44. The smallest absolute Gasteiger partial charge is 0.260 e. The van der Waals surface area contributed by atoms with Gasteiger partial charge in [0.2, 0.25) is 0 Å². The van der Waals surface area contributed by atoms with Crippen molar-refractivity contribution in [3.05, 3.63) is 6.33 Å². The fraction of sp³-hybridized carbons (Fsp3) is 0.667. The quantitative estimate of drug-likeness (QED) is 0.731. The Labute approximate surface area is 109 Å². The Hall–Kier alpha value is -0.930. The number of rotatable bonds is 6. The van der Waals surface area contributed by atoms with Gasteiger partial charge in [-0.3, -0.25) is 4.21 Å². The van der Waals surface area contributed by atoms with Crippen molar-refractivity contribution in [1.29, 1.82) is 0 Å². The zero-order valence-electron chi connectivity index (χ0n) is 10.6. The number of hydrogen-bond donors (Lipinski definition) is 2. The van der Waals surface area contributed by atoms with Crippen LogP contribution in [0.3, 0.4) is 0 Å². The lowest BCUT2D eigenvalue weighted by Gasteiger charge is -2.10. The number of anilines is 1. The topological polar surface area (TPSA) is 107 Å². The summed E-state index contributed by atoms with van der Waals surface area (Å²) in [5, 5.41) is -0.107. The Morgan fingerprint density at radius 1 is 1.61 bits per heavy atom. The lowest BCUT2D eigenvalue weighted by Crippen LogP contribution is -2.29. The van der Waals surface area contributed by atoms with Crippen LogP contribution in [-0.4, -0.2) is 40.2 Å². The second-order valence-electron chi connectivity index (χ2n) is 4.04. The van der Waals surface area contributed by atoms with Crippen molar-refractivity contribution in [2.24, 2.45) is 7.05 Å². The summed E-state index contributed by atoms with van der Waals surface area (Å²) in [4.78, 5) is 3.73. The number of aromatic nitrogens is 2. The van der Waals surface area contributed by atoms with Crippen molar-refractivity contribution in [2.45, 2.75) is 23.6 Å². The van der Waals surface area contributed by atoms with E-state index in [0.29, 0.717) is 6.42 Å². The molecule has 7 nitrogen and oxygen atoms in total. The van der Waals surface area contributed by atoms with Crippen LogP contribution in [0.2, 0.25) is 0 Å². The molecule has 0 spiro atoms. The van der Waals surface area contributed by atoms with Gasteiger partial charge in [0.15, 0.2) is 10.8 Å². The van der Waals surface area contributed by atoms with Crippen molar-refractivity contribution in [2.75, 3.05) is 18.5 Å². The van der Waals surface area contributed by atoms with E-state index in [0.717, 1.165) is 0 Å². The molecule has 0 bridgehead atoms. The van der Waals surface area contributed by atoms with Crippen molar-refractivity contribution in [1.82, 2.24) is 14.3 Å². The van der Waals surface area contributed by atoms with Gasteiger partial charge in [-0.25, -0.2) is 18.1 Å². The predicted molar refractivity (Wildman–Crippen MR) is 71.0 cm³/mol. The number of nitrogens with two attached hydrogens (primary N) is 1. The van der Waals surface area contributed by atoms with E-state index in [-0.39, 0.29) is 22.6 Å². The van der Waals surface area contributed by atoms with Gasteiger partial charge in [-0.15, -0.1) is 0 Å². The van der Waals surface area contributed by atoms with Gasteiger partial charge < -0.3 is 10.3 Å². The lowest BCUT2D eigenvalue weighted by atomic mass is 10.3. The van der Waals surface area contributed by atoms with E-state index >= 15 is 0 Å². The zero-order valence-corrected chi connectivity index (χ0v) is 12.2. The van der Waals surface area contributed by atoms with Crippen LogP contribution in [0.1, 0.15) is 13.3 Å². The molecule has 0 aliphatic carbocycles. The Kier molecular flexibility index (Phi) is 4.88. The molecular weight excluding hydrogens is 276 g/mol. The molecule has 2 atom stereocenters. The van der Waals surface area contributed by atoms with Gasteiger partial charge in [0.25, 0.3) is 10.0 Å². The van der Waals surface area contributed by atoms with Crippen LogP contribution >= 0.6 is 0 Å². The first-order chi connectivity index (χ1) is 8.25. The minimum Gasteiger partial charge on any atom is -0.381 e. The molecule has 0 saturated carbocycles. The second-order valence-corrected chi connectivity index (χ2v) is 7.53. The fourth-order valence-corrected chi connectivity index (χ4v) is 3.12. The fourth-order valence-electron chi connectivity index (χ4n) is 1.40. The van der Waals surface area contributed by atoms with Gasteiger partial charge in [0, 0.05) is 35.9 Å². The van der Waals surface area contributed by atoms with Gasteiger partial charge in [-0.1, -0.05) is 6.92 Å². The van der Waals surface area contributed by atoms with Crippen LogP contribution in [-0.2, 0) is 27.9 Å². The largest absolute Gasteiger partial charge is 0.381 e. The average molecular weight is 294 g/mol. The molecule has 18 heavy (non-hydrogen) atoms. The van der Waals surface area contributed by atoms with Crippen LogP contribution in [0.25, 0.3) is 0 Å². The molecule has 0 saturated heterocycles. The van der Waals surface area contributed by atoms with Gasteiger partial charge >= 0.3 is 0 Å². The molecule has 1 aromatic heterocycles. The molecule has 0 fully saturated rings. The minimum absolute atomic E-state index is 0.0304. The number of hydrogen-bond acceptors (Lipinski definition) is 5. The van der Waals surface area contributed by atoms with Crippen molar-refractivity contribution in [3.63, 3.8) is 0 Å². The van der Waals surface area contributed by atoms with Crippen molar-refractivity contribution in [3.8, 4) is 0 Å². The summed E-state index contributed by atoms with van der Waals surface area (Å²) in [6, 6.07) is 0. The molecule has 0 amide bonds. The third kappa shape index (κ3) is 3.53. The number of nitrogens with zero attached hydrogens (tertiary/aromatic N) is 2. The molecule has 1 aromatic rings. The normalized spacial score (nSPS) is 15.5. The number of sulfonamides is 1. The summed E-state index contributed by atoms with van der Waals surface area (Å²) in [5.74, 6) is -0.0304. The highest BCUT2D eigenvalue weighted by Crippen LogP contribution is 2.14. The van der Waals surface area contributed by atoms with Gasteiger partial charge in [0.05, 0.1) is 6.33 Å². The van der Waals surface area contributed by atoms with E-state index in [2.05, 4.69) is 9.71 Å². The Morgan fingerprint density at radius 2 is 2.22 bits per heavy atom. The van der Waals surface area contributed by atoms with Crippen LogP contribution in [0.5, 0.6) is 0 Å². The predicted octanol–water partition coefficient (Wildman–Crippen LogP) is -0.562. The summed E-state index contributed by atoms with van der Waals surface area (Å²) >= 11 is 0. The molecule has 0 aromatic carbocycles. The Bertz CT molecular complexity index is 519. The first-order valence-corrected chi connectivity index (χ1v) is 8.45. The van der Waals surface area contributed by atoms with E-state index in [1.807, 2.05) is 6.92 Å². The number of imidazole rings is 1. The Balaban J connectivity index is 2.70. The molecule has 2 unspecified atom stereocenters. The average Bonchev–Trinajstić information content (AvgIpc) is 2.58. The van der Waals surface area contributed by atoms with Crippen LogP contribution in [0.4, 0.5) is 5.82 Å². The van der Waals surface area contributed by atoms with Gasteiger partial charge in [-0.05, 0) is 6.42 Å². The maximum atomic E-state index is 12.0. The summed E-state index contributed by atoms with van der Waals surface area (Å²) in [6.45, 7) is 2.02. The lowest BCUT2D eigenvalue weighted by molar-refractivity contribution is 0.568. The molecule has 9 heteroatoms. The molecule has 0 radical (unpaired) electrons. The van der Waals surface area contributed by atoms with Gasteiger partial charge in [0.1, 0.15) is 0 Å². The highest BCUT2D eigenvalue weighted by Gasteiger charge is 2.22. The molecule has 1 rings (SSSR count). The van der Waals surface area contributed by atoms with E-state index in [4.69, 9.17) is 5.73 Å². The zero-order chi connectivity index (χ0) is 13.9. The van der Waals surface area contributed by atoms with E-state index < -0.39 is 20.8 Å². The highest BCUT2D eigenvalue weighted by atomic mass is 32.2. The van der Waals surface area contributed by atoms with Crippen LogP contribution in [0.15, 0.2) is 11.4 Å². The molecular formula is C9H18N4O3S2. The van der Waals surface area contributed by atoms with E-state index in [9.17, 15) is 12.6 Å². The van der Waals surface area contributed by atoms with E-state index in [1.54, 1.807) is 13.3 Å². The maximum absolute atomic E-state index is 12.0. The highest BCUT2D eigenvalue weighted by molar-refractivity contribution is 7.89. The standard InChI is InChI=1S/C9H18N4O3S2/c1-7(17(3)14)4-5-12-18(15,16)9-8(10)11-6-13(9)2/h6-7,12H,4-5,10H2,1-3H3. The van der Waals surface area contributed by atoms with Crippen LogP contribution in [0, 0.1) is 0 Å². The molecule has 0 aliphatic rings. The first kappa shape index (κ1) is 15.1. The van der Waals surface area contributed by atoms with Crippen molar-refractivity contribution >= 4 is 26.6 Å². The SMILES string of the molecule is CC(CCNS(=O)(=O)c1c(N)ncn1C)S(C)=O. The summed E-state index contributed by atoms with van der Waals surface area (Å²) < 4.78 is 38.8. The second kappa shape index (κ2) is 5.81. The third-order valence-electron chi connectivity index (χ3n) is 2.57. The van der Waals surface area contributed by atoms with E-state index in [1.165, 1.54) is 10.9 Å². The molecule has 3 N–H and O–H groups in total. The maximum Gasteiger partial charge on any atom is 0.260 e. The summed E-state index contributed by atoms with van der Waals surface area (Å²) in [7, 11) is -3.08. The summed E-state index contributed by atoms with van der Waals surface area (Å²) in [5.41, 5.74) is 5.51. The first-order valence-electron chi connectivity index (χ1n) is 5.34. The van der Waals surface area contributed by atoms with Crippen LogP contribution < -0.4 is 10.5 Å². The number of nitrogens with one attached hydrogen (secondary N) is 1. The number of aryl methyl sites for hydroxylation is 1. The van der Waals surface area contributed by atoms with Crippen molar-refractivity contribution < 1.29 is 12.6 Å².